The third-order valence-corrected chi connectivity index (χ3v) is 4.86. The Morgan fingerprint density at radius 1 is 1.07 bits per heavy atom. The molecule has 0 saturated heterocycles. The molecule has 4 nitrogen and oxygen atoms in total. The topological polar surface area (TPSA) is 55.4 Å². The Morgan fingerprint density at radius 3 is 2.57 bits per heavy atom. The molecule has 1 N–H and O–H groups in total. The van der Waals surface area contributed by atoms with E-state index in [4.69, 9.17) is 16.3 Å². The minimum Gasteiger partial charge on any atom is -0.454 e. The fourth-order valence-corrected chi connectivity index (χ4v) is 3.28. The largest absolute Gasteiger partial charge is 0.454 e. The van der Waals surface area contributed by atoms with Crippen LogP contribution in [0.1, 0.15) is 37.9 Å². The quantitative estimate of drug-likeness (QED) is 0.621. The van der Waals surface area contributed by atoms with E-state index in [9.17, 15) is 14.0 Å². The molecule has 0 bridgehead atoms. The van der Waals surface area contributed by atoms with Gasteiger partial charge in [0.15, 0.2) is 0 Å². The average molecular weight is 396 g/mol. The van der Waals surface area contributed by atoms with Crippen LogP contribution in [-0.4, -0.2) is 11.9 Å². The molecule has 0 saturated carbocycles. The van der Waals surface area contributed by atoms with E-state index in [0.29, 0.717) is 28.1 Å². The van der Waals surface area contributed by atoms with Gasteiger partial charge in [0, 0.05) is 17.0 Å². The van der Waals surface area contributed by atoms with E-state index in [-0.39, 0.29) is 5.69 Å². The number of halogens is 2. The number of anilines is 1. The zero-order valence-electron chi connectivity index (χ0n) is 14.6. The van der Waals surface area contributed by atoms with Crippen LogP contribution in [0.25, 0.3) is 0 Å². The molecular formula is C22H15ClFNO3. The van der Waals surface area contributed by atoms with Gasteiger partial charge in [-0.1, -0.05) is 35.9 Å². The normalized spacial score (nSPS) is 15.5. The third kappa shape index (κ3) is 3.62. The highest BCUT2D eigenvalue weighted by Gasteiger charge is 2.28. The minimum atomic E-state index is -0.514. The lowest BCUT2D eigenvalue weighted by Gasteiger charge is -2.25. The molecule has 3 aromatic carbocycles. The second-order valence-electron chi connectivity index (χ2n) is 6.46. The first-order valence-electron chi connectivity index (χ1n) is 8.66. The van der Waals surface area contributed by atoms with Crippen LogP contribution in [-0.2, 0) is 11.2 Å². The fraction of sp³-hybridized carbons (Fsp3) is 0.0909. The number of ether oxygens (including phenoxy) is 1. The molecule has 0 fully saturated rings. The summed E-state index contributed by atoms with van der Waals surface area (Å²) in [5.41, 5.74) is 2.39. The van der Waals surface area contributed by atoms with Crippen LogP contribution in [0, 0.1) is 5.82 Å². The molecule has 1 atom stereocenters. The van der Waals surface area contributed by atoms with Gasteiger partial charge in [-0.15, -0.1) is 0 Å². The van der Waals surface area contributed by atoms with Crippen molar-refractivity contribution < 1.29 is 18.7 Å². The Morgan fingerprint density at radius 2 is 1.82 bits per heavy atom. The van der Waals surface area contributed by atoms with Gasteiger partial charge in [-0.25, -0.2) is 9.18 Å². The fourth-order valence-electron chi connectivity index (χ4n) is 3.16. The van der Waals surface area contributed by atoms with Gasteiger partial charge in [-0.3, -0.25) is 4.79 Å². The highest BCUT2D eigenvalue weighted by molar-refractivity contribution is 6.30. The maximum atomic E-state index is 13.8. The summed E-state index contributed by atoms with van der Waals surface area (Å²) in [6.07, 6.45) is -0.0223. The number of hydrogen-bond acceptors (Lipinski definition) is 3. The standard InChI is InChI=1S/C22H15ClFNO3/c23-16-8-5-13(6-9-16)20-12-15-11-14(7-10-17(15)22(27)28-20)21(26)25-19-4-2-1-3-18(19)24/h1-11,20H,12H2,(H,25,26)/t20-/m0/s1. The molecule has 0 radical (unpaired) electrons. The number of esters is 1. The Bertz CT molecular complexity index is 1070. The number of amides is 1. The molecule has 6 heteroatoms. The maximum absolute atomic E-state index is 13.8. The van der Waals surface area contributed by atoms with Crippen molar-refractivity contribution in [1.29, 1.82) is 0 Å². The lowest BCUT2D eigenvalue weighted by molar-refractivity contribution is 0.0252. The van der Waals surface area contributed by atoms with Gasteiger partial charge in [0.25, 0.3) is 5.91 Å². The molecule has 1 amide bonds. The van der Waals surface area contributed by atoms with E-state index in [1.165, 1.54) is 18.2 Å². The predicted octanol–water partition coefficient (Wildman–Crippen LogP) is 5.19. The Labute approximate surface area is 165 Å². The van der Waals surface area contributed by atoms with Gasteiger partial charge in [-0.05, 0) is 53.6 Å². The first kappa shape index (κ1) is 18.2. The number of nitrogens with one attached hydrogen (secondary N) is 1. The molecular weight excluding hydrogens is 381 g/mol. The molecule has 1 aliphatic rings. The molecule has 0 unspecified atom stereocenters. The first-order valence-corrected chi connectivity index (χ1v) is 9.04. The van der Waals surface area contributed by atoms with Crippen molar-refractivity contribution >= 4 is 29.2 Å². The van der Waals surface area contributed by atoms with Crippen LogP contribution in [0.15, 0.2) is 66.7 Å². The number of para-hydroxylation sites is 1. The number of cyclic esters (lactones) is 1. The first-order chi connectivity index (χ1) is 13.5. The summed E-state index contributed by atoms with van der Waals surface area (Å²) in [5.74, 6) is -1.41. The third-order valence-electron chi connectivity index (χ3n) is 4.61. The van der Waals surface area contributed by atoms with E-state index in [2.05, 4.69) is 5.32 Å². The number of hydrogen-bond donors (Lipinski definition) is 1. The average Bonchev–Trinajstić information content (AvgIpc) is 2.69. The van der Waals surface area contributed by atoms with E-state index < -0.39 is 23.8 Å². The molecule has 28 heavy (non-hydrogen) atoms. The van der Waals surface area contributed by atoms with Crippen LogP contribution in [0.4, 0.5) is 10.1 Å². The van der Waals surface area contributed by atoms with Crippen molar-refractivity contribution in [3.63, 3.8) is 0 Å². The zero-order chi connectivity index (χ0) is 19.7. The Hall–Kier alpha value is -3.18. The second-order valence-corrected chi connectivity index (χ2v) is 6.89. The molecule has 1 heterocycles. The summed E-state index contributed by atoms with van der Waals surface area (Å²) in [7, 11) is 0. The number of fused-ring (bicyclic) bond motifs is 1. The lowest BCUT2D eigenvalue weighted by atomic mass is 9.93. The van der Waals surface area contributed by atoms with Crippen molar-refractivity contribution in [2.45, 2.75) is 12.5 Å². The van der Waals surface area contributed by atoms with E-state index in [1.54, 1.807) is 48.5 Å². The van der Waals surface area contributed by atoms with Gasteiger partial charge in [-0.2, -0.15) is 0 Å². The van der Waals surface area contributed by atoms with E-state index >= 15 is 0 Å². The number of rotatable bonds is 3. The van der Waals surface area contributed by atoms with E-state index in [1.807, 2.05) is 0 Å². The van der Waals surface area contributed by atoms with Crippen molar-refractivity contribution in [2.75, 3.05) is 5.32 Å². The SMILES string of the molecule is O=C(Nc1ccccc1F)c1ccc2c(c1)C[C@@H](c1ccc(Cl)cc1)OC2=O. The number of carbonyl (C=O) groups excluding carboxylic acids is 2. The molecule has 3 aromatic rings. The molecule has 140 valence electrons. The molecule has 4 rings (SSSR count). The van der Waals surface area contributed by atoms with Crippen LogP contribution < -0.4 is 5.32 Å². The van der Waals surface area contributed by atoms with Crippen molar-refractivity contribution in [3.8, 4) is 0 Å². The van der Waals surface area contributed by atoms with Gasteiger partial charge < -0.3 is 10.1 Å². The Balaban J connectivity index is 1.60. The Kier molecular flexibility index (Phi) is 4.84. The van der Waals surface area contributed by atoms with Crippen LogP contribution in [0.5, 0.6) is 0 Å². The molecule has 1 aliphatic heterocycles. The summed E-state index contributed by atoms with van der Waals surface area (Å²) in [5, 5.41) is 3.14. The van der Waals surface area contributed by atoms with Crippen molar-refractivity contribution in [2.24, 2.45) is 0 Å². The minimum absolute atomic E-state index is 0.101. The lowest BCUT2D eigenvalue weighted by Crippen LogP contribution is -2.23. The number of benzene rings is 3. The molecule has 0 aromatic heterocycles. The monoisotopic (exact) mass is 395 g/mol. The van der Waals surface area contributed by atoms with E-state index in [0.717, 1.165) is 5.56 Å². The van der Waals surface area contributed by atoms with Crippen LogP contribution >= 0.6 is 11.6 Å². The van der Waals surface area contributed by atoms with Crippen LogP contribution in [0.3, 0.4) is 0 Å². The van der Waals surface area contributed by atoms with Gasteiger partial charge in [0.2, 0.25) is 0 Å². The summed E-state index contributed by atoms with van der Waals surface area (Å²) < 4.78 is 19.3. The summed E-state index contributed by atoms with van der Waals surface area (Å²) in [6, 6.07) is 17.8. The molecule has 0 aliphatic carbocycles. The molecule has 0 spiro atoms. The highest BCUT2D eigenvalue weighted by Crippen LogP contribution is 2.31. The highest BCUT2D eigenvalue weighted by atomic mass is 35.5. The van der Waals surface area contributed by atoms with Crippen molar-refractivity contribution in [3.05, 3.63) is 99.8 Å². The predicted molar refractivity (Wildman–Crippen MR) is 104 cm³/mol. The maximum Gasteiger partial charge on any atom is 0.339 e. The summed E-state index contributed by atoms with van der Waals surface area (Å²) in [4.78, 5) is 24.9. The zero-order valence-corrected chi connectivity index (χ0v) is 15.4. The van der Waals surface area contributed by atoms with Gasteiger partial charge in [0.05, 0.1) is 11.3 Å². The summed E-state index contributed by atoms with van der Waals surface area (Å²) >= 11 is 5.91. The van der Waals surface area contributed by atoms with Crippen molar-refractivity contribution in [1.82, 2.24) is 0 Å². The van der Waals surface area contributed by atoms with Crippen LogP contribution in [0.2, 0.25) is 5.02 Å². The second kappa shape index (κ2) is 7.44. The van der Waals surface area contributed by atoms with Gasteiger partial charge in [0.1, 0.15) is 11.9 Å². The smallest absolute Gasteiger partial charge is 0.339 e. The summed E-state index contributed by atoms with van der Waals surface area (Å²) in [6.45, 7) is 0. The number of carbonyl (C=O) groups is 2. The van der Waals surface area contributed by atoms with Gasteiger partial charge >= 0.3 is 5.97 Å².